The first-order valence-electron chi connectivity index (χ1n) is 8.77. The standard InChI is InChI=1S/C19H28N4OS/c1-7-19(5,6)20-17(24)14(4)25-18-22-21-16(23(18)8-2)15-12-10-9-11-13(15)3/h9-12,14H,7-8H2,1-6H3,(H,20,24). The molecular weight excluding hydrogens is 332 g/mol. The van der Waals surface area contributed by atoms with Crippen molar-refractivity contribution in [3.63, 3.8) is 0 Å². The number of nitrogens with one attached hydrogen (secondary N) is 1. The van der Waals surface area contributed by atoms with E-state index in [1.165, 1.54) is 11.8 Å². The van der Waals surface area contributed by atoms with Crippen LogP contribution in [-0.2, 0) is 11.3 Å². The molecule has 0 aliphatic rings. The molecule has 6 heteroatoms. The number of hydrogen-bond acceptors (Lipinski definition) is 4. The highest BCUT2D eigenvalue weighted by Crippen LogP contribution is 2.28. The fourth-order valence-electron chi connectivity index (χ4n) is 2.42. The zero-order chi connectivity index (χ0) is 18.6. The lowest BCUT2D eigenvalue weighted by atomic mass is 10.0. The Hall–Kier alpha value is -1.82. The quantitative estimate of drug-likeness (QED) is 0.757. The summed E-state index contributed by atoms with van der Waals surface area (Å²) in [7, 11) is 0. The Balaban J connectivity index is 2.21. The molecule has 1 N–H and O–H groups in total. The molecule has 1 amide bonds. The Morgan fingerprint density at radius 2 is 1.96 bits per heavy atom. The first-order chi connectivity index (χ1) is 11.8. The molecule has 0 spiro atoms. The van der Waals surface area contributed by atoms with Crippen molar-refractivity contribution < 1.29 is 4.79 Å². The van der Waals surface area contributed by atoms with E-state index in [1.807, 2.05) is 32.9 Å². The second kappa shape index (κ2) is 8.04. The lowest BCUT2D eigenvalue weighted by Crippen LogP contribution is -2.46. The number of hydrogen-bond donors (Lipinski definition) is 1. The third-order valence-electron chi connectivity index (χ3n) is 4.42. The van der Waals surface area contributed by atoms with Crippen LogP contribution >= 0.6 is 11.8 Å². The number of nitrogens with zero attached hydrogens (tertiary/aromatic N) is 3. The van der Waals surface area contributed by atoms with Crippen molar-refractivity contribution in [3.8, 4) is 11.4 Å². The van der Waals surface area contributed by atoms with Crippen LogP contribution in [0.4, 0.5) is 0 Å². The SMILES string of the molecule is CCn1c(SC(C)C(=O)NC(C)(C)CC)nnc1-c1ccccc1C. The van der Waals surface area contributed by atoms with E-state index in [9.17, 15) is 4.79 Å². The van der Waals surface area contributed by atoms with Gasteiger partial charge in [-0.05, 0) is 46.6 Å². The molecule has 5 nitrogen and oxygen atoms in total. The first kappa shape index (κ1) is 19.5. The van der Waals surface area contributed by atoms with Crippen molar-refractivity contribution in [1.82, 2.24) is 20.1 Å². The molecule has 1 atom stereocenters. The van der Waals surface area contributed by atoms with Crippen molar-refractivity contribution in [1.29, 1.82) is 0 Å². The van der Waals surface area contributed by atoms with Gasteiger partial charge in [0.15, 0.2) is 11.0 Å². The van der Waals surface area contributed by atoms with Crippen molar-refractivity contribution in [2.45, 2.75) is 70.5 Å². The van der Waals surface area contributed by atoms with Crippen molar-refractivity contribution in [2.24, 2.45) is 0 Å². The monoisotopic (exact) mass is 360 g/mol. The summed E-state index contributed by atoms with van der Waals surface area (Å²) < 4.78 is 2.07. The molecule has 1 unspecified atom stereocenters. The van der Waals surface area contributed by atoms with Gasteiger partial charge >= 0.3 is 0 Å². The van der Waals surface area contributed by atoms with E-state index in [2.05, 4.69) is 53.0 Å². The number of aryl methyl sites for hydroxylation is 1. The Morgan fingerprint density at radius 3 is 2.56 bits per heavy atom. The lowest BCUT2D eigenvalue weighted by Gasteiger charge is -2.26. The van der Waals surface area contributed by atoms with Crippen LogP contribution in [-0.4, -0.2) is 31.5 Å². The van der Waals surface area contributed by atoms with E-state index in [4.69, 9.17) is 0 Å². The number of amides is 1. The molecule has 1 heterocycles. The number of benzene rings is 1. The molecule has 0 bridgehead atoms. The molecule has 0 saturated heterocycles. The van der Waals surface area contributed by atoms with Gasteiger partial charge in [-0.2, -0.15) is 0 Å². The van der Waals surface area contributed by atoms with Crippen LogP contribution < -0.4 is 5.32 Å². The maximum Gasteiger partial charge on any atom is 0.233 e. The van der Waals surface area contributed by atoms with E-state index in [-0.39, 0.29) is 16.7 Å². The van der Waals surface area contributed by atoms with E-state index in [0.717, 1.165) is 35.1 Å². The fourth-order valence-corrected chi connectivity index (χ4v) is 3.33. The minimum Gasteiger partial charge on any atom is -0.350 e. The number of aromatic nitrogens is 3. The third kappa shape index (κ3) is 4.63. The summed E-state index contributed by atoms with van der Waals surface area (Å²) in [4.78, 5) is 12.5. The van der Waals surface area contributed by atoms with Crippen LogP contribution in [0.15, 0.2) is 29.4 Å². The van der Waals surface area contributed by atoms with E-state index >= 15 is 0 Å². The molecule has 2 rings (SSSR count). The molecule has 1 aromatic carbocycles. The topological polar surface area (TPSA) is 59.8 Å². The Bertz CT molecular complexity index is 739. The molecule has 0 aliphatic carbocycles. The number of carbonyl (C=O) groups is 1. The van der Waals surface area contributed by atoms with Gasteiger partial charge in [-0.15, -0.1) is 10.2 Å². The molecular formula is C19H28N4OS. The lowest BCUT2D eigenvalue weighted by molar-refractivity contribution is -0.121. The van der Waals surface area contributed by atoms with Crippen molar-refractivity contribution >= 4 is 17.7 Å². The fraction of sp³-hybridized carbons (Fsp3) is 0.526. The van der Waals surface area contributed by atoms with Crippen LogP contribution in [0.2, 0.25) is 0 Å². The summed E-state index contributed by atoms with van der Waals surface area (Å²) in [5.41, 5.74) is 2.04. The van der Waals surface area contributed by atoms with Crippen LogP contribution in [0.25, 0.3) is 11.4 Å². The third-order valence-corrected chi connectivity index (χ3v) is 5.50. The minimum absolute atomic E-state index is 0.0277. The maximum absolute atomic E-state index is 12.5. The summed E-state index contributed by atoms with van der Waals surface area (Å²) in [6.45, 7) is 12.9. The Kier molecular flexibility index (Phi) is 6.27. The van der Waals surface area contributed by atoms with Gasteiger partial charge in [0.25, 0.3) is 0 Å². The minimum atomic E-state index is -0.231. The summed E-state index contributed by atoms with van der Waals surface area (Å²) in [5, 5.41) is 12.4. The highest BCUT2D eigenvalue weighted by Gasteiger charge is 2.25. The molecule has 0 radical (unpaired) electrons. The smallest absolute Gasteiger partial charge is 0.233 e. The van der Waals surface area contributed by atoms with Gasteiger partial charge in [-0.1, -0.05) is 43.0 Å². The first-order valence-corrected chi connectivity index (χ1v) is 9.65. The average molecular weight is 361 g/mol. The van der Waals surface area contributed by atoms with Gasteiger partial charge in [0.05, 0.1) is 5.25 Å². The van der Waals surface area contributed by atoms with Gasteiger partial charge < -0.3 is 9.88 Å². The largest absolute Gasteiger partial charge is 0.350 e. The number of thioether (sulfide) groups is 1. The summed E-state index contributed by atoms with van der Waals surface area (Å²) >= 11 is 1.45. The van der Waals surface area contributed by atoms with E-state index < -0.39 is 0 Å². The normalized spacial score (nSPS) is 12.9. The molecule has 136 valence electrons. The molecule has 0 saturated carbocycles. The molecule has 25 heavy (non-hydrogen) atoms. The highest BCUT2D eigenvalue weighted by atomic mass is 32.2. The van der Waals surface area contributed by atoms with Gasteiger partial charge in [0, 0.05) is 17.6 Å². The van der Waals surface area contributed by atoms with Gasteiger partial charge in [0.1, 0.15) is 0 Å². The predicted molar refractivity (Wildman–Crippen MR) is 104 cm³/mol. The Labute approximate surface area is 154 Å². The highest BCUT2D eigenvalue weighted by molar-refractivity contribution is 8.00. The molecule has 0 fully saturated rings. The number of rotatable bonds is 7. The van der Waals surface area contributed by atoms with Crippen LogP contribution in [0.1, 0.15) is 46.6 Å². The number of carbonyl (C=O) groups excluding carboxylic acids is 1. The van der Waals surface area contributed by atoms with Gasteiger partial charge in [-0.25, -0.2) is 0 Å². The second-order valence-electron chi connectivity index (χ2n) is 6.85. The molecule has 2 aromatic rings. The Morgan fingerprint density at radius 1 is 1.28 bits per heavy atom. The van der Waals surface area contributed by atoms with Gasteiger partial charge in [0.2, 0.25) is 5.91 Å². The zero-order valence-electron chi connectivity index (χ0n) is 16.0. The second-order valence-corrected chi connectivity index (χ2v) is 8.16. The summed E-state index contributed by atoms with van der Waals surface area (Å²) in [6.07, 6.45) is 0.888. The maximum atomic E-state index is 12.5. The van der Waals surface area contributed by atoms with Crippen LogP contribution in [0.5, 0.6) is 0 Å². The molecule has 1 aromatic heterocycles. The van der Waals surface area contributed by atoms with Gasteiger partial charge in [-0.3, -0.25) is 4.79 Å². The summed E-state index contributed by atoms with van der Waals surface area (Å²) in [6, 6.07) is 8.15. The van der Waals surface area contributed by atoms with Crippen molar-refractivity contribution in [2.75, 3.05) is 0 Å². The summed E-state index contributed by atoms with van der Waals surface area (Å²) in [5.74, 6) is 0.879. The zero-order valence-corrected chi connectivity index (χ0v) is 16.8. The van der Waals surface area contributed by atoms with Crippen LogP contribution in [0.3, 0.4) is 0 Å². The van der Waals surface area contributed by atoms with Crippen molar-refractivity contribution in [3.05, 3.63) is 29.8 Å². The molecule has 0 aliphatic heterocycles. The van der Waals surface area contributed by atoms with Crippen LogP contribution in [0, 0.1) is 6.92 Å². The van der Waals surface area contributed by atoms with E-state index in [1.54, 1.807) is 0 Å². The predicted octanol–water partition coefficient (Wildman–Crippen LogP) is 4.06. The van der Waals surface area contributed by atoms with E-state index in [0.29, 0.717) is 0 Å². The average Bonchev–Trinajstić information content (AvgIpc) is 2.97.